The minimum absolute atomic E-state index is 0.588. The van der Waals surface area contributed by atoms with Gasteiger partial charge >= 0.3 is 0 Å². The fraction of sp³-hybridized carbons (Fsp3) is 1.00. The SMILES string of the molecule is CCN1CCC2(CCCN2CC)C1. The molecule has 0 aromatic rings. The Morgan fingerprint density at radius 1 is 1.08 bits per heavy atom. The van der Waals surface area contributed by atoms with E-state index in [1.54, 1.807) is 0 Å². The van der Waals surface area contributed by atoms with Crippen molar-refractivity contribution in [1.82, 2.24) is 9.80 Å². The van der Waals surface area contributed by atoms with Gasteiger partial charge in [-0.2, -0.15) is 0 Å². The highest BCUT2D eigenvalue weighted by Crippen LogP contribution is 2.36. The molecular weight excluding hydrogens is 160 g/mol. The molecule has 2 nitrogen and oxygen atoms in total. The van der Waals surface area contributed by atoms with Crippen LogP contribution in [0.5, 0.6) is 0 Å². The van der Waals surface area contributed by atoms with Gasteiger partial charge in [0.15, 0.2) is 0 Å². The number of hydrogen-bond acceptors (Lipinski definition) is 2. The van der Waals surface area contributed by atoms with Gasteiger partial charge in [-0.1, -0.05) is 13.8 Å². The summed E-state index contributed by atoms with van der Waals surface area (Å²) in [6.07, 6.45) is 4.28. The Hall–Kier alpha value is -0.0800. The molecule has 0 bridgehead atoms. The zero-order valence-electron chi connectivity index (χ0n) is 9.05. The van der Waals surface area contributed by atoms with Gasteiger partial charge in [-0.3, -0.25) is 4.90 Å². The molecule has 0 aromatic heterocycles. The van der Waals surface area contributed by atoms with Gasteiger partial charge in [0.05, 0.1) is 0 Å². The zero-order valence-corrected chi connectivity index (χ0v) is 9.05. The minimum atomic E-state index is 0.588. The summed E-state index contributed by atoms with van der Waals surface area (Å²) in [4.78, 5) is 5.32. The molecule has 0 amide bonds. The Bertz CT molecular complexity index is 181. The Kier molecular flexibility index (Phi) is 2.61. The van der Waals surface area contributed by atoms with Gasteiger partial charge in [0, 0.05) is 18.6 Å². The van der Waals surface area contributed by atoms with Crippen LogP contribution in [-0.4, -0.2) is 48.1 Å². The van der Waals surface area contributed by atoms with E-state index < -0.39 is 0 Å². The first-order valence-corrected chi connectivity index (χ1v) is 5.78. The monoisotopic (exact) mass is 182 g/mol. The summed E-state index contributed by atoms with van der Waals surface area (Å²) >= 11 is 0. The molecule has 0 saturated carbocycles. The summed E-state index contributed by atoms with van der Waals surface area (Å²) in [7, 11) is 0. The highest BCUT2D eigenvalue weighted by Gasteiger charge is 2.44. The molecule has 1 atom stereocenters. The molecule has 76 valence electrons. The average Bonchev–Trinajstić information content (AvgIpc) is 2.74. The molecular formula is C11H22N2. The van der Waals surface area contributed by atoms with E-state index in [4.69, 9.17) is 0 Å². The molecule has 2 heterocycles. The van der Waals surface area contributed by atoms with Crippen LogP contribution in [0.3, 0.4) is 0 Å². The van der Waals surface area contributed by atoms with Crippen LogP contribution in [-0.2, 0) is 0 Å². The van der Waals surface area contributed by atoms with Crippen molar-refractivity contribution in [1.29, 1.82) is 0 Å². The molecule has 0 aliphatic carbocycles. The van der Waals surface area contributed by atoms with Gasteiger partial charge in [-0.25, -0.2) is 0 Å². The first-order chi connectivity index (χ1) is 6.30. The van der Waals surface area contributed by atoms with Crippen molar-refractivity contribution in [2.45, 2.75) is 38.6 Å². The van der Waals surface area contributed by atoms with Gasteiger partial charge < -0.3 is 4.90 Å². The van der Waals surface area contributed by atoms with Crippen molar-refractivity contribution in [2.75, 3.05) is 32.7 Å². The number of likely N-dealkylation sites (N-methyl/N-ethyl adjacent to an activating group) is 2. The van der Waals surface area contributed by atoms with Gasteiger partial charge in [0.1, 0.15) is 0 Å². The Morgan fingerprint density at radius 3 is 2.54 bits per heavy atom. The van der Waals surface area contributed by atoms with Crippen molar-refractivity contribution in [3.05, 3.63) is 0 Å². The fourth-order valence-corrected chi connectivity index (χ4v) is 3.16. The van der Waals surface area contributed by atoms with Crippen LogP contribution in [0.25, 0.3) is 0 Å². The Labute approximate surface area is 81.9 Å². The second-order valence-corrected chi connectivity index (χ2v) is 4.53. The van der Waals surface area contributed by atoms with Crippen molar-refractivity contribution < 1.29 is 0 Å². The van der Waals surface area contributed by atoms with Crippen LogP contribution in [0, 0.1) is 0 Å². The second kappa shape index (κ2) is 3.58. The quantitative estimate of drug-likeness (QED) is 0.639. The van der Waals surface area contributed by atoms with Crippen molar-refractivity contribution in [3.8, 4) is 0 Å². The third-order valence-corrected chi connectivity index (χ3v) is 3.98. The van der Waals surface area contributed by atoms with Crippen molar-refractivity contribution >= 4 is 0 Å². The number of rotatable bonds is 2. The van der Waals surface area contributed by atoms with Crippen LogP contribution >= 0.6 is 0 Å². The summed E-state index contributed by atoms with van der Waals surface area (Å²) in [5.41, 5.74) is 0.588. The molecule has 0 radical (unpaired) electrons. The lowest BCUT2D eigenvalue weighted by Crippen LogP contribution is -2.45. The van der Waals surface area contributed by atoms with Crippen LogP contribution in [0.1, 0.15) is 33.1 Å². The van der Waals surface area contributed by atoms with Crippen molar-refractivity contribution in [3.63, 3.8) is 0 Å². The van der Waals surface area contributed by atoms with E-state index in [1.807, 2.05) is 0 Å². The molecule has 2 fully saturated rings. The molecule has 0 N–H and O–H groups in total. The van der Waals surface area contributed by atoms with Crippen LogP contribution < -0.4 is 0 Å². The molecule has 2 heteroatoms. The highest BCUT2D eigenvalue weighted by molar-refractivity contribution is 5.02. The Morgan fingerprint density at radius 2 is 1.92 bits per heavy atom. The van der Waals surface area contributed by atoms with Crippen LogP contribution in [0.15, 0.2) is 0 Å². The van der Waals surface area contributed by atoms with E-state index in [0.717, 1.165) is 0 Å². The van der Waals surface area contributed by atoms with Gasteiger partial charge in [-0.05, 0) is 38.9 Å². The molecule has 2 saturated heterocycles. The fourth-order valence-electron chi connectivity index (χ4n) is 3.16. The van der Waals surface area contributed by atoms with Gasteiger partial charge in [0.2, 0.25) is 0 Å². The first-order valence-electron chi connectivity index (χ1n) is 5.78. The van der Waals surface area contributed by atoms with E-state index in [1.165, 1.54) is 52.0 Å². The highest BCUT2D eigenvalue weighted by atomic mass is 15.3. The predicted octanol–water partition coefficient (Wildman–Crippen LogP) is 1.57. The van der Waals surface area contributed by atoms with Crippen LogP contribution in [0.4, 0.5) is 0 Å². The van der Waals surface area contributed by atoms with Gasteiger partial charge in [0.25, 0.3) is 0 Å². The van der Waals surface area contributed by atoms with Crippen molar-refractivity contribution in [2.24, 2.45) is 0 Å². The second-order valence-electron chi connectivity index (χ2n) is 4.53. The predicted molar refractivity (Wildman–Crippen MR) is 55.9 cm³/mol. The van der Waals surface area contributed by atoms with E-state index in [9.17, 15) is 0 Å². The maximum absolute atomic E-state index is 2.71. The summed E-state index contributed by atoms with van der Waals surface area (Å²) < 4.78 is 0. The smallest absolute Gasteiger partial charge is 0.0348 e. The summed E-state index contributed by atoms with van der Waals surface area (Å²) in [6, 6.07) is 0. The molecule has 2 rings (SSSR count). The van der Waals surface area contributed by atoms with Gasteiger partial charge in [-0.15, -0.1) is 0 Å². The van der Waals surface area contributed by atoms with Crippen LogP contribution in [0.2, 0.25) is 0 Å². The normalized spacial score (nSPS) is 36.5. The van der Waals surface area contributed by atoms with E-state index in [0.29, 0.717) is 5.54 Å². The lowest BCUT2D eigenvalue weighted by molar-refractivity contribution is 0.148. The molecule has 2 aliphatic heterocycles. The maximum Gasteiger partial charge on any atom is 0.0348 e. The number of nitrogens with zero attached hydrogens (tertiary/aromatic N) is 2. The molecule has 0 aromatic carbocycles. The lowest BCUT2D eigenvalue weighted by Gasteiger charge is -2.34. The first kappa shape index (κ1) is 9.47. The minimum Gasteiger partial charge on any atom is -0.302 e. The molecule has 2 aliphatic rings. The summed E-state index contributed by atoms with van der Waals surface area (Å²) in [5.74, 6) is 0. The largest absolute Gasteiger partial charge is 0.302 e. The third kappa shape index (κ3) is 1.50. The zero-order chi connectivity index (χ0) is 9.31. The van der Waals surface area contributed by atoms with E-state index >= 15 is 0 Å². The topological polar surface area (TPSA) is 6.48 Å². The third-order valence-electron chi connectivity index (χ3n) is 3.98. The lowest BCUT2D eigenvalue weighted by atomic mass is 9.95. The summed E-state index contributed by atoms with van der Waals surface area (Å²) in [6.45, 7) is 11.1. The summed E-state index contributed by atoms with van der Waals surface area (Å²) in [5, 5.41) is 0. The average molecular weight is 182 g/mol. The van der Waals surface area contributed by atoms with E-state index in [-0.39, 0.29) is 0 Å². The number of hydrogen-bond donors (Lipinski definition) is 0. The standard InChI is InChI=1S/C11H22N2/c1-3-12-9-7-11(10-12)6-5-8-13(11)4-2/h3-10H2,1-2H3. The van der Waals surface area contributed by atoms with E-state index in [2.05, 4.69) is 23.6 Å². The Balaban J connectivity index is 2.04. The maximum atomic E-state index is 2.71. The molecule has 13 heavy (non-hydrogen) atoms. The number of likely N-dealkylation sites (tertiary alicyclic amines) is 2. The molecule has 1 spiro atoms. The molecule has 1 unspecified atom stereocenters.